The fourth-order valence-electron chi connectivity index (χ4n) is 2.18. The second-order valence-corrected chi connectivity index (χ2v) is 4.60. The zero-order valence-corrected chi connectivity index (χ0v) is 11.0. The van der Waals surface area contributed by atoms with Crippen LogP contribution >= 0.6 is 0 Å². The Balaban J connectivity index is 1.95. The molecular weight excluding hydrogens is 266 g/mol. The molecule has 0 aliphatic carbocycles. The van der Waals surface area contributed by atoms with E-state index in [0.29, 0.717) is 22.5 Å². The van der Waals surface area contributed by atoms with E-state index in [-0.39, 0.29) is 18.1 Å². The van der Waals surface area contributed by atoms with E-state index in [4.69, 9.17) is 5.26 Å². The molecule has 0 saturated heterocycles. The molecule has 1 N–H and O–H groups in total. The lowest BCUT2D eigenvalue weighted by atomic mass is 10.1. The first kappa shape index (κ1) is 12.9. The summed E-state index contributed by atoms with van der Waals surface area (Å²) in [4.78, 5) is 12.1. The van der Waals surface area contributed by atoms with Crippen LogP contribution in [0.3, 0.4) is 0 Å². The van der Waals surface area contributed by atoms with Crippen LogP contribution in [0.5, 0.6) is 5.75 Å². The van der Waals surface area contributed by atoms with E-state index in [0.717, 1.165) is 0 Å². The maximum absolute atomic E-state index is 12.1. The fraction of sp³-hybridized carbons (Fsp3) is 0.0625. The molecule has 5 nitrogen and oxygen atoms in total. The summed E-state index contributed by atoms with van der Waals surface area (Å²) in [6.07, 6.45) is 0.136. The van der Waals surface area contributed by atoms with Gasteiger partial charge in [-0.25, -0.2) is 5.01 Å². The third kappa shape index (κ3) is 2.35. The summed E-state index contributed by atoms with van der Waals surface area (Å²) < 4.78 is 0. The number of amides is 1. The van der Waals surface area contributed by atoms with Crippen LogP contribution < -0.4 is 5.01 Å². The van der Waals surface area contributed by atoms with Crippen LogP contribution in [0.25, 0.3) is 0 Å². The van der Waals surface area contributed by atoms with Crippen molar-refractivity contribution in [1.82, 2.24) is 0 Å². The maximum atomic E-state index is 12.1. The van der Waals surface area contributed by atoms with Crippen molar-refractivity contribution in [1.29, 1.82) is 5.26 Å². The number of aromatic hydroxyl groups is 1. The third-order valence-corrected chi connectivity index (χ3v) is 3.23. The molecule has 3 rings (SSSR count). The first-order valence-corrected chi connectivity index (χ1v) is 6.38. The van der Waals surface area contributed by atoms with E-state index in [1.807, 2.05) is 6.07 Å². The second-order valence-electron chi connectivity index (χ2n) is 4.60. The summed E-state index contributed by atoms with van der Waals surface area (Å²) >= 11 is 0. The zero-order valence-electron chi connectivity index (χ0n) is 11.0. The minimum Gasteiger partial charge on any atom is -0.507 e. The van der Waals surface area contributed by atoms with E-state index in [1.54, 1.807) is 48.5 Å². The van der Waals surface area contributed by atoms with E-state index in [9.17, 15) is 9.90 Å². The number of hydrogen-bond donors (Lipinski definition) is 1. The molecule has 0 radical (unpaired) electrons. The summed E-state index contributed by atoms with van der Waals surface area (Å²) in [6, 6.07) is 15.4. The Morgan fingerprint density at radius 3 is 2.52 bits per heavy atom. The van der Waals surface area contributed by atoms with Crippen molar-refractivity contribution in [2.45, 2.75) is 6.42 Å². The van der Waals surface area contributed by atoms with Gasteiger partial charge in [-0.1, -0.05) is 12.1 Å². The molecule has 0 atom stereocenters. The Bertz CT molecular complexity index is 773. The van der Waals surface area contributed by atoms with Gasteiger partial charge in [0.1, 0.15) is 5.75 Å². The Kier molecular flexibility index (Phi) is 3.13. The lowest BCUT2D eigenvalue weighted by molar-refractivity contribution is -0.116. The number of benzene rings is 2. The Morgan fingerprint density at radius 2 is 1.86 bits per heavy atom. The van der Waals surface area contributed by atoms with Crippen LogP contribution in [-0.2, 0) is 4.79 Å². The zero-order chi connectivity index (χ0) is 14.8. The molecule has 2 aromatic rings. The number of rotatable bonds is 2. The number of carbonyl (C=O) groups is 1. The molecule has 0 aromatic heterocycles. The van der Waals surface area contributed by atoms with E-state index < -0.39 is 0 Å². The van der Waals surface area contributed by atoms with Gasteiger partial charge in [0.2, 0.25) is 0 Å². The first-order valence-electron chi connectivity index (χ1n) is 6.38. The quantitative estimate of drug-likeness (QED) is 0.915. The number of nitrogens with zero attached hydrogens (tertiary/aromatic N) is 3. The predicted molar refractivity (Wildman–Crippen MR) is 77.9 cm³/mol. The largest absolute Gasteiger partial charge is 0.507 e. The minimum absolute atomic E-state index is 0.103. The van der Waals surface area contributed by atoms with Crippen LogP contribution in [-0.4, -0.2) is 16.7 Å². The molecule has 1 amide bonds. The minimum atomic E-state index is -0.169. The van der Waals surface area contributed by atoms with E-state index in [1.165, 1.54) is 5.01 Å². The monoisotopic (exact) mass is 277 g/mol. The van der Waals surface area contributed by atoms with Crippen molar-refractivity contribution in [3.05, 3.63) is 59.7 Å². The molecule has 2 aromatic carbocycles. The van der Waals surface area contributed by atoms with Gasteiger partial charge in [-0.3, -0.25) is 4.79 Å². The highest BCUT2D eigenvalue weighted by Crippen LogP contribution is 2.26. The maximum Gasteiger partial charge on any atom is 0.253 e. The van der Waals surface area contributed by atoms with Gasteiger partial charge in [0.05, 0.1) is 29.5 Å². The van der Waals surface area contributed by atoms with Gasteiger partial charge in [-0.15, -0.1) is 0 Å². The Labute approximate surface area is 121 Å². The molecule has 5 heteroatoms. The number of hydrogen-bond acceptors (Lipinski definition) is 4. The highest BCUT2D eigenvalue weighted by atomic mass is 16.3. The summed E-state index contributed by atoms with van der Waals surface area (Å²) in [6.45, 7) is 0. The summed E-state index contributed by atoms with van der Waals surface area (Å²) in [5.74, 6) is -0.0660. The molecule has 0 spiro atoms. The number of phenolic OH excluding ortho intramolecular Hbond substituents is 1. The molecule has 1 aliphatic heterocycles. The predicted octanol–water partition coefficient (Wildman–Crippen LogP) is 2.40. The molecule has 0 unspecified atom stereocenters. The van der Waals surface area contributed by atoms with Crippen molar-refractivity contribution in [3.63, 3.8) is 0 Å². The normalized spacial score (nSPS) is 14.0. The van der Waals surface area contributed by atoms with Crippen LogP contribution in [0.15, 0.2) is 53.6 Å². The molecule has 0 fully saturated rings. The fourth-order valence-corrected chi connectivity index (χ4v) is 2.18. The number of hydrazone groups is 1. The molecule has 102 valence electrons. The van der Waals surface area contributed by atoms with Gasteiger partial charge in [0.25, 0.3) is 5.91 Å². The second kappa shape index (κ2) is 5.10. The van der Waals surface area contributed by atoms with E-state index in [2.05, 4.69) is 5.10 Å². The summed E-state index contributed by atoms with van der Waals surface area (Å²) in [5.41, 5.74) is 2.21. The van der Waals surface area contributed by atoms with Crippen molar-refractivity contribution in [2.24, 2.45) is 5.10 Å². The van der Waals surface area contributed by atoms with Gasteiger partial charge in [0, 0.05) is 5.56 Å². The van der Waals surface area contributed by atoms with Gasteiger partial charge < -0.3 is 5.11 Å². The molecule has 0 saturated carbocycles. The number of carbonyl (C=O) groups excluding carboxylic acids is 1. The summed E-state index contributed by atoms with van der Waals surface area (Å²) in [7, 11) is 0. The van der Waals surface area contributed by atoms with Gasteiger partial charge >= 0.3 is 0 Å². The van der Waals surface area contributed by atoms with Gasteiger partial charge in [-0.2, -0.15) is 10.4 Å². The van der Waals surface area contributed by atoms with Crippen LogP contribution in [0.1, 0.15) is 17.5 Å². The van der Waals surface area contributed by atoms with Gasteiger partial charge in [-0.05, 0) is 36.4 Å². The highest BCUT2D eigenvalue weighted by Gasteiger charge is 2.27. The Hall–Kier alpha value is -3.13. The standard InChI is InChI=1S/C16H11N3O2/c17-10-11-5-7-12(8-6-11)19-16(21)9-14(18-19)13-3-1-2-4-15(13)20/h1-8,20H,9H2. The molecule has 21 heavy (non-hydrogen) atoms. The third-order valence-electron chi connectivity index (χ3n) is 3.23. The molecular formula is C16H11N3O2. The highest BCUT2D eigenvalue weighted by molar-refractivity contribution is 6.20. The van der Waals surface area contributed by atoms with Crippen LogP contribution in [0.2, 0.25) is 0 Å². The van der Waals surface area contributed by atoms with Crippen molar-refractivity contribution < 1.29 is 9.90 Å². The average Bonchev–Trinajstić information content (AvgIpc) is 2.89. The number of para-hydroxylation sites is 1. The Morgan fingerprint density at radius 1 is 1.14 bits per heavy atom. The summed E-state index contributed by atoms with van der Waals surface area (Å²) in [5, 5.41) is 24.2. The van der Waals surface area contributed by atoms with Crippen molar-refractivity contribution in [2.75, 3.05) is 5.01 Å². The lowest BCUT2D eigenvalue weighted by Crippen LogP contribution is -2.19. The molecule has 1 heterocycles. The number of anilines is 1. The van der Waals surface area contributed by atoms with Crippen molar-refractivity contribution >= 4 is 17.3 Å². The van der Waals surface area contributed by atoms with Gasteiger partial charge in [0.15, 0.2) is 0 Å². The number of nitriles is 1. The van der Waals surface area contributed by atoms with Crippen LogP contribution in [0, 0.1) is 11.3 Å². The molecule has 1 aliphatic rings. The molecule has 0 bridgehead atoms. The average molecular weight is 277 g/mol. The number of phenols is 1. The lowest BCUT2D eigenvalue weighted by Gasteiger charge is -2.11. The van der Waals surface area contributed by atoms with Crippen LogP contribution in [0.4, 0.5) is 5.69 Å². The van der Waals surface area contributed by atoms with Crippen molar-refractivity contribution in [3.8, 4) is 11.8 Å². The topological polar surface area (TPSA) is 76.7 Å². The van der Waals surface area contributed by atoms with E-state index >= 15 is 0 Å². The SMILES string of the molecule is N#Cc1ccc(N2N=C(c3ccccc3O)CC2=O)cc1. The smallest absolute Gasteiger partial charge is 0.253 e. The first-order chi connectivity index (χ1) is 10.2.